The van der Waals surface area contributed by atoms with E-state index in [-0.39, 0.29) is 0 Å². The standard InChI is InChI=1S/C16H24N6/c1-2-21-7-9-22(10-8-21)16-4-3-14(12-20-16)11-17-13-15-18-5-6-19-15/h3-6,12,17H,2,7-11,13H2,1H3,(H,18,19). The quantitative estimate of drug-likeness (QED) is 0.840. The fraction of sp³-hybridized carbons (Fsp3) is 0.500. The van der Waals surface area contributed by atoms with Crippen molar-refractivity contribution in [2.75, 3.05) is 37.6 Å². The van der Waals surface area contributed by atoms with Crippen LogP contribution in [0.15, 0.2) is 30.7 Å². The van der Waals surface area contributed by atoms with E-state index in [0.29, 0.717) is 0 Å². The highest BCUT2D eigenvalue weighted by Crippen LogP contribution is 2.14. The average Bonchev–Trinajstić information content (AvgIpc) is 3.09. The summed E-state index contributed by atoms with van der Waals surface area (Å²) in [6.07, 6.45) is 5.58. The van der Waals surface area contributed by atoms with E-state index in [1.165, 1.54) is 5.56 Å². The molecule has 0 spiro atoms. The molecule has 0 bridgehead atoms. The number of hydrogen-bond acceptors (Lipinski definition) is 5. The molecule has 0 atom stereocenters. The van der Waals surface area contributed by atoms with Crippen LogP contribution in [0.2, 0.25) is 0 Å². The first-order valence-electron chi connectivity index (χ1n) is 7.96. The van der Waals surface area contributed by atoms with Gasteiger partial charge in [-0.05, 0) is 18.2 Å². The Morgan fingerprint density at radius 2 is 2.00 bits per heavy atom. The summed E-state index contributed by atoms with van der Waals surface area (Å²) in [5, 5.41) is 3.36. The number of piperazine rings is 1. The zero-order valence-corrected chi connectivity index (χ0v) is 13.1. The number of nitrogens with zero attached hydrogens (tertiary/aromatic N) is 4. The highest BCUT2D eigenvalue weighted by molar-refractivity contribution is 5.39. The number of imidazole rings is 1. The molecule has 118 valence electrons. The van der Waals surface area contributed by atoms with E-state index in [1.54, 1.807) is 6.20 Å². The van der Waals surface area contributed by atoms with Crippen LogP contribution in [-0.2, 0) is 13.1 Å². The number of nitrogens with one attached hydrogen (secondary N) is 2. The second-order valence-electron chi connectivity index (χ2n) is 5.59. The zero-order valence-electron chi connectivity index (χ0n) is 13.1. The van der Waals surface area contributed by atoms with E-state index >= 15 is 0 Å². The van der Waals surface area contributed by atoms with Gasteiger partial charge >= 0.3 is 0 Å². The molecule has 2 aromatic rings. The van der Waals surface area contributed by atoms with Gasteiger partial charge in [0, 0.05) is 51.3 Å². The maximum Gasteiger partial charge on any atom is 0.128 e. The Labute approximate surface area is 131 Å². The van der Waals surface area contributed by atoms with Crippen LogP contribution < -0.4 is 10.2 Å². The minimum absolute atomic E-state index is 0.744. The van der Waals surface area contributed by atoms with Crippen molar-refractivity contribution in [3.63, 3.8) is 0 Å². The van der Waals surface area contributed by atoms with E-state index in [2.05, 4.69) is 49.1 Å². The van der Waals surface area contributed by atoms with Gasteiger partial charge in [-0.2, -0.15) is 0 Å². The van der Waals surface area contributed by atoms with Crippen LogP contribution >= 0.6 is 0 Å². The lowest BCUT2D eigenvalue weighted by atomic mass is 10.2. The Morgan fingerprint density at radius 1 is 1.14 bits per heavy atom. The van der Waals surface area contributed by atoms with Gasteiger partial charge in [0.2, 0.25) is 0 Å². The second kappa shape index (κ2) is 7.38. The molecular weight excluding hydrogens is 276 g/mol. The predicted molar refractivity (Wildman–Crippen MR) is 87.7 cm³/mol. The fourth-order valence-corrected chi connectivity index (χ4v) is 2.72. The molecule has 3 heterocycles. The largest absolute Gasteiger partial charge is 0.354 e. The van der Waals surface area contributed by atoms with E-state index < -0.39 is 0 Å². The Hall–Kier alpha value is -1.92. The fourth-order valence-electron chi connectivity index (χ4n) is 2.72. The molecule has 2 N–H and O–H groups in total. The number of aromatic amines is 1. The van der Waals surface area contributed by atoms with Gasteiger partial charge in [0.15, 0.2) is 0 Å². The molecular formula is C16H24N6. The summed E-state index contributed by atoms with van der Waals surface area (Å²) in [6.45, 7) is 9.30. The van der Waals surface area contributed by atoms with Crippen molar-refractivity contribution in [2.24, 2.45) is 0 Å². The van der Waals surface area contributed by atoms with Crippen LogP contribution in [0.4, 0.5) is 5.82 Å². The van der Waals surface area contributed by atoms with Gasteiger partial charge in [0.05, 0.1) is 6.54 Å². The Balaban J connectivity index is 1.48. The Morgan fingerprint density at radius 3 is 2.64 bits per heavy atom. The third kappa shape index (κ3) is 3.84. The smallest absolute Gasteiger partial charge is 0.128 e. The van der Waals surface area contributed by atoms with Crippen molar-refractivity contribution in [2.45, 2.75) is 20.0 Å². The van der Waals surface area contributed by atoms with Gasteiger partial charge in [-0.3, -0.25) is 0 Å². The number of anilines is 1. The van der Waals surface area contributed by atoms with Crippen molar-refractivity contribution in [3.8, 4) is 0 Å². The number of likely N-dealkylation sites (N-methyl/N-ethyl adjacent to an activating group) is 1. The summed E-state index contributed by atoms with van der Waals surface area (Å²) >= 11 is 0. The molecule has 22 heavy (non-hydrogen) atoms. The third-order valence-electron chi connectivity index (χ3n) is 4.13. The van der Waals surface area contributed by atoms with Crippen molar-refractivity contribution in [1.82, 2.24) is 25.2 Å². The first kappa shape index (κ1) is 15.0. The van der Waals surface area contributed by atoms with Crippen molar-refractivity contribution in [1.29, 1.82) is 0 Å². The van der Waals surface area contributed by atoms with E-state index in [1.807, 2.05) is 12.4 Å². The molecule has 2 aromatic heterocycles. The van der Waals surface area contributed by atoms with Gasteiger partial charge in [-0.1, -0.05) is 13.0 Å². The molecule has 1 fully saturated rings. The van der Waals surface area contributed by atoms with Crippen molar-refractivity contribution >= 4 is 5.82 Å². The molecule has 1 saturated heterocycles. The summed E-state index contributed by atoms with van der Waals surface area (Å²) in [7, 11) is 0. The molecule has 3 rings (SSSR count). The van der Waals surface area contributed by atoms with Crippen molar-refractivity contribution < 1.29 is 0 Å². The van der Waals surface area contributed by atoms with E-state index in [0.717, 1.165) is 57.5 Å². The van der Waals surface area contributed by atoms with Crippen LogP contribution in [-0.4, -0.2) is 52.6 Å². The number of pyridine rings is 1. The minimum atomic E-state index is 0.744. The minimum Gasteiger partial charge on any atom is -0.354 e. The topological polar surface area (TPSA) is 60.1 Å². The van der Waals surface area contributed by atoms with E-state index in [4.69, 9.17) is 0 Å². The lowest BCUT2D eigenvalue weighted by Crippen LogP contribution is -2.46. The first-order valence-corrected chi connectivity index (χ1v) is 7.96. The van der Waals surface area contributed by atoms with Crippen molar-refractivity contribution in [3.05, 3.63) is 42.1 Å². The molecule has 0 aromatic carbocycles. The normalized spacial score (nSPS) is 16.1. The molecule has 6 nitrogen and oxygen atoms in total. The predicted octanol–water partition coefficient (Wildman–Crippen LogP) is 1.24. The van der Waals surface area contributed by atoms with Crippen LogP contribution in [0.3, 0.4) is 0 Å². The van der Waals surface area contributed by atoms with Gasteiger partial charge in [-0.15, -0.1) is 0 Å². The third-order valence-corrected chi connectivity index (χ3v) is 4.13. The molecule has 1 aliphatic heterocycles. The van der Waals surface area contributed by atoms with Gasteiger partial charge < -0.3 is 20.1 Å². The lowest BCUT2D eigenvalue weighted by Gasteiger charge is -2.34. The average molecular weight is 300 g/mol. The van der Waals surface area contributed by atoms with E-state index in [9.17, 15) is 0 Å². The maximum absolute atomic E-state index is 4.61. The number of rotatable bonds is 6. The molecule has 0 saturated carbocycles. The van der Waals surface area contributed by atoms with Crippen LogP contribution in [0.5, 0.6) is 0 Å². The Kier molecular flexibility index (Phi) is 5.03. The van der Waals surface area contributed by atoms with Gasteiger partial charge in [0.25, 0.3) is 0 Å². The highest BCUT2D eigenvalue weighted by atomic mass is 15.3. The summed E-state index contributed by atoms with van der Waals surface area (Å²) in [5.41, 5.74) is 1.20. The zero-order chi connectivity index (χ0) is 15.2. The summed E-state index contributed by atoms with van der Waals surface area (Å²) in [5.74, 6) is 2.05. The number of aromatic nitrogens is 3. The Bertz CT molecular complexity index is 543. The molecule has 0 radical (unpaired) electrons. The molecule has 6 heteroatoms. The molecule has 0 unspecified atom stereocenters. The van der Waals surface area contributed by atoms with Crippen LogP contribution in [0, 0.1) is 0 Å². The van der Waals surface area contributed by atoms with Crippen LogP contribution in [0.25, 0.3) is 0 Å². The first-order chi connectivity index (χ1) is 10.8. The monoisotopic (exact) mass is 300 g/mol. The highest BCUT2D eigenvalue weighted by Gasteiger charge is 2.16. The molecule has 0 amide bonds. The van der Waals surface area contributed by atoms with Crippen LogP contribution in [0.1, 0.15) is 18.3 Å². The maximum atomic E-state index is 4.61. The summed E-state index contributed by atoms with van der Waals surface area (Å²) in [6, 6.07) is 4.29. The summed E-state index contributed by atoms with van der Waals surface area (Å²) < 4.78 is 0. The molecule has 0 aliphatic carbocycles. The lowest BCUT2D eigenvalue weighted by molar-refractivity contribution is 0.270. The number of H-pyrrole nitrogens is 1. The number of hydrogen-bond donors (Lipinski definition) is 2. The molecule has 1 aliphatic rings. The van der Waals surface area contributed by atoms with Gasteiger partial charge in [0.1, 0.15) is 11.6 Å². The second-order valence-corrected chi connectivity index (χ2v) is 5.59. The summed E-state index contributed by atoms with van der Waals surface area (Å²) in [4.78, 5) is 16.7. The van der Waals surface area contributed by atoms with Gasteiger partial charge in [-0.25, -0.2) is 9.97 Å². The SMILES string of the molecule is CCN1CCN(c2ccc(CNCc3ncc[nH]3)cn2)CC1.